The molecule has 1 aliphatic rings. The first kappa shape index (κ1) is 10.4. The van der Waals surface area contributed by atoms with Crippen molar-refractivity contribution >= 4 is 15.7 Å². The van der Waals surface area contributed by atoms with Crippen LogP contribution in [0.25, 0.3) is 0 Å². The Labute approximate surface area is 88.6 Å². The summed E-state index contributed by atoms with van der Waals surface area (Å²) in [6.45, 7) is 1.45. The molecule has 0 spiro atoms. The van der Waals surface area contributed by atoms with Crippen LogP contribution in [0.4, 0.5) is 5.82 Å². The zero-order chi connectivity index (χ0) is 11.1. The second-order valence-electron chi connectivity index (χ2n) is 3.74. The molecule has 0 radical (unpaired) electrons. The molecule has 0 atom stereocenters. The third-order valence-electron chi connectivity index (χ3n) is 2.43. The molecule has 1 aromatic rings. The summed E-state index contributed by atoms with van der Waals surface area (Å²) in [5, 5.41) is 5.68. The van der Waals surface area contributed by atoms with Gasteiger partial charge in [0.05, 0.1) is 0 Å². The lowest BCUT2D eigenvalue weighted by atomic mass is 10.3. The minimum absolute atomic E-state index is 0.0925. The molecule has 0 unspecified atom stereocenters. The van der Waals surface area contributed by atoms with E-state index in [9.17, 15) is 8.42 Å². The van der Waals surface area contributed by atoms with E-state index in [1.54, 1.807) is 9.69 Å². The summed E-state index contributed by atoms with van der Waals surface area (Å²) in [5.41, 5.74) is 0. The van der Waals surface area contributed by atoms with Crippen molar-refractivity contribution in [3.63, 3.8) is 0 Å². The maximum atomic E-state index is 11.3. The molecular formula is C8H14N4O2S. The molecule has 0 aliphatic carbocycles. The molecule has 1 aromatic heterocycles. The third-order valence-corrected chi connectivity index (χ3v) is 3.39. The Morgan fingerprint density at radius 3 is 2.73 bits per heavy atom. The van der Waals surface area contributed by atoms with E-state index >= 15 is 0 Å². The van der Waals surface area contributed by atoms with Gasteiger partial charge in [-0.25, -0.2) is 18.9 Å². The average Bonchev–Trinajstić information content (AvgIpc) is 2.49. The van der Waals surface area contributed by atoms with Crippen molar-refractivity contribution in [2.24, 2.45) is 5.84 Å². The number of anilines is 1. The molecule has 2 N–H and O–H groups in total. The van der Waals surface area contributed by atoms with Crippen molar-refractivity contribution in [2.75, 3.05) is 17.8 Å². The molecule has 7 heteroatoms. The lowest BCUT2D eigenvalue weighted by molar-refractivity contribution is 0.565. The van der Waals surface area contributed by atoms with E-state index < -0.39 is 9.84 Å². The van der Waals surface area contributed by atoms with E-state index in [-0.39, 0.29) is 5.03 Å². The van der Waals surface area contributed by atoms with Gasteiger partial charge in [0.1, 0.15) is 5.82 Å². The number of rotatable bonds is 1. The van der Waals surface area contributed by atoms with E-state index in [4.69, 9.17) is 5.84 Å². The summed E-state index contributed by atoms with van der Waals surface area (Å²) < 4.78 is 24.3. The third kappa shape index (κ3) is 1.98. The fourth-order valence-electron chi connectivity index (χ4n) is 1.62. The topological polar surface area (TPSA) is 81.2 Å². The summed E-state index contributed by atoms with van der Waals surface area (Å²) in [4.78, 5) is 0. The van der Waals surface area contributed by atoms with Crippen LogP contribution in [-0.2, 0) is 16.4 Å². The maximum absolute atomic E-state index is 11.3. The van der Waals surface area contributed by atoms with Gasteiger partial charge in [0.2, 0.25) is 0 Å². The van der Waals surface area contributed by atoms with Crippen LogP contribution in [0.2, 0.25) is 0 Å². The number of aromatic nitrogens is 2. The van der Waals surface area contributed by atoms with Gasteiger partial charge < -0.3 is 0 Å². The van der Waals surface area contributed by atoms with Crippen molar-refractivity contribution < 1.29 is 8.42 Å². The molecule has 0 amide bonds. The Balaban J connectivity index is 2.47. The summed E-state index contributed by atoms with van der Waals surface area (Å²) >= 11 is 0. The smallest absolute Gasteiger partial charge is 0.194 e. The van der Waals surface area contributed by atoms with Crippen LogP contribution in [0.15, 0.2) is 11.1 Å². The van der Waals surface area contributed by atoms with Gasteiger partial charge in [-0.05, 0) is 12.8 Å². The van der Waals surface area contributed by atoms with Crippen LogP contribution in [0.3, 0.4) is 0 Å². The lowest BCUT2D eigenvalue weighted by Gasteiger charge is -2.14. The minimum atomic E-state index is -3.25. The number of nitrogens with zero attached hydrogens (tertiary/aromatic N) is 3. The predicted molar refractivity (Wildman–Crippen MR) is 56.1 cm³/mol. The van der Waals surface area contributed by atoms with Gasteiger partial charge in [-0.2, -0.15) is 5.10 Å². The highest BCUT2D eigenvalue weighted by atomic mass is 32.2. The van der Waals surface area contributed by atoms with E-state index in [2.05, 4.69) is 5.10 Å². The minimum Gasteiger partial charge on any atom is -0.295 e. The van der Waals surface area contributed by atoms with E-state index in [1.807, 2.05) is 0 Å². The van der Waals surface area contributed by atoms with E-state index in [1.165, 1.54) is 6.07 Å². The van der Waals surface area contributed by atoms with Crippen LogP contribution < -0.4 is 10.9 Å². The molecule has 0 saturated heterocycles. The molecule has 0 aromatic carbocycles. The van der Waals surface area contributed by atoms with Crippen LogP contribution >= 0.6 is 0 Å². The van der Waals surface area contributed by atoms with Crippen molar-refractivity contribution in [1.29, 1.82) is 0 Å². The second kappa shape index (κ2) is 3.49. The molecule has 2 heterocycles. The quantitative estimate of drug-likeness (QED) is 0.673. The highest BCUT2D eigenvalue weighted by molar-refractivity contribution is 7.90. The fraction of sp³-hybridized carbons (Fsp3) is 0.625. The highest BCUT2D eigenvalue weighted by Crippen LogP contribution is 2.20. The zero-order valence-electron chi connectivity index (χ0n) is 8.55. The first-order valence-electron chi connectivity index (χ1n) is 4.78. The zero-order valence-corrected chi connectivity index (χ0v) is 9.37. The molecular weight excluding hydrogens is 216 g/mol. The van der Waals surface area contributed by atoms with Crippen molar-refractivity contribution in [3.05, 3.63) is 6.07 Å². The SMILES string of the molecule is CS(=O)(=O)c1cc2n(n1)CCCCN2N. The summed E-state index contributed by atoms with van der Waals surface area (Å²) in [6, 6.07) is 1.53. The molecule has 6 nitrogen and oxygen atoms in total. The van der Waals surface area contributed by atoms with E-state index in [0.717, 1.165) is 32.2 Å². The van der Waals surface area contributed by atoms with Crippen LogP contribution in [0.1, 0.15) is 12.8 Å². The molecule has 0 bridgehead atoms. The predicted octanol–water partition coefficient (Wildman–Crippen LogP) is -0.239. The number of fused-ring (bicyclic) bond motifs is 1. The Bertz CT molecular complexity index is 465. The Kier molecular flexibility index (Phi) is 2.43. The van der Waals surface area contributed by atoms with Crippen LogP contribution in [0.5, 0.6) is 0 Å². The fourth-order valence-corrected chi connectivity index (χ4v) is 2.19. The second-order valence-corrected chi connectivity index (χ2v) is 5.70. The average molecular weight is 230 g/mol. The summed E-state index contributed by atoms with van der Waals surface area (Å²) in [6.07, 6.45) is 3.11. The lowest BCUT2D eigenvalue weighted by Crippen LogP contribution is -2.32. The molecule has 1 aliphatic heterocycles. The number of sulfone groups is 1. The van der Waals surface area contributed by atoms with Crippen molar-refractivity contribution in [2.45, 2.75) is 24.4 Å². The first-order valence-corrected chi connectivity index (χ1v) is 6.68. The highest BCUT2D eigenvalue weighted by Gasteiger charge is 2.19. The summed E-state index contributed by atoms with van der Waals surface area (Å²) in [7, 11) is -3.25. The van der Waals surface area contributed by atoms with Gasteiger partial charge >= 0.3 is 0 Å². The Morgan fingerprint density at radius 2 is 2.07 bits per heavy atom. The molecule has 0 saturated carbocycles. The number of hydrogen-bond donors (Lipinski definition) is 1. The largest absolute Gasteiger partial charge is 0.295 e. The van der Waals surface area contributed by atoms with E-state index in [0.29, 0.717) is 5.82 Å². The summed E-state index contributed by atoms with van der Waals surface area (Å²) in [5.74, 6) is 6.45. The number of nitrogens with two attached hydrogens (primary N) is 1. The van der Waals surface area contributed by atoms with Crippen LogP contribution in [-0.4, -0.2) is 31.0 Å². The monoisotopic (exact) mass is 230 g/mol. The van der Waals surface area contributed by atoms with Gasteiger partial charge in [0.25, 0.3) is 0 Å². The standard InChI is InChI=1S/C8H14N4O2S/c1-15(13,14)7-6-8-11(9)4-2-3-5-12(8)10-7/h6H,2-5,9H2,1H3. The molecule has 84 valence electrons. The van der Waals surface area contributed by atoms with Gasteiger partial charge in [-0.15, -0.1) is 0 Å². The molecule has 0 fully saturated rings. The molecule has 15 heavy (non-hydrogen) atoms. The van der Waals surface area contributed by atoms with Gasteiger partial charge in [-0.3, -0.25) is 5.01 Å². The maximum Gasteiger partial charge on any atom is 0.194 e. The van der Waals surface area contributed by atoms with Gasteiger partial charge in [-0.1, -0.05) is 0 Å². The Morgan fingerprint density at radius 1 is 1.40 bits per heavy atom. The van der Waals surface area contributed by atoms with Crippen molar-refractivity contribution in [1.82, 2.24) is 9.78 Å². The normalized spacial score (nSPS) is 17.3. The first-order chi connectivity index (χ1) is 6.98. The molecule has 2 rings (SSSR count). The van der Waals surface area contributed by atoms with Gasteiger partial charge in [0.15, 0.2) is 14.9 Å². The van der Waals surface area contributed by atoms with Crippen molar-refractivity contribution in [3.8, 4) is 0 Å². The Hall–Kier alpha value is -1.08. The number of aryl methyl sites for hydroxylation is 1. The number of hydrazine groups is 1. The van der Waals surface area contributed by atoms with Gasteiger partial charge in [0, 0.05) is 25.4 Å². The number of hydrogen-bond acceptors (Lipinski definition) is 5. The van der Waals surface area contributed by atoms with Crippen LogP contribution in [0, 0.1) is 0 Å².